The van der Waals surface area contributed by atoms with Gasteiger partial charge in [0.1, 0.15) is 5.75 Å². The molecule has 0 radical (unpaired) electrons. The number of aromatic nitrogens is 4. The number of H-pyrrole nitrogens is 2. The number of rotatable bonds is 14. The first kappa shape index (κ1) is 40.3. The molecule has 0 aliphatic carbocycles. The number of aromatic hydroxyl groups is 1. The summed E-state index contributed by atoms with van der Waals surface area (Å²) in [6, 6.07) is 32.2. The Bertz CT molecular complexity index is 2020. The van der Waals surface area contributed by atoms with Gasteiger partial charge in [-0.3, -0.25) is 20.0 Å². The van der Waals surface area contributed by atoms with Gasteiger partial charge in [-0.05, 0) is 104 Å². The predicted molar refractivity (Wildman–Crippen MR) is 235 cm³/mol. The zero-order valence-corrected chi connectivity index (χ0v) is 33.8. The Labute approximate surface area is 341 Å². The molecule has 0 bridgehead atoms. The van der Waals surface area contributed by atoms with Crippen molar-refractivity contribution in [2.24, 2.45) is 0 Å². The summed E-state index contributed by atoms with van der Waals surface area (Å²) in [6.07, 6.45) is 0. The molecule has 0 amide bonds. The first-order chi connectivity index (χ1) is 28.3. The number of phenols is 1. The first-order valence-corrected chi connectivity index (χ1v) is 20.2. The summed E-state index contributed by atoms with van der Waals surface area (Å²) >= 11 is 0. The highest BCUT2D eigenvalue weighted by atomic mass is 16.5. The third kappa shape index (κ3) is 11.6. The number of aromatic amines is 2. The molecule has 304 valence electrons. The van der Waals surface area contributed by atoms with Gasteiger partial charge in [0, 0.05) is 87.2 Å². The second-order valence-electron chi connectivity index (χ2n) is 14.8. The monoisotopic (exact) mass is 784 g/mol. The van der Waals surface area contributed by atoms with Gasteiger partial charge in [-0.15, -0.1) is 0 Å². The van der Waals surface area contributed by atoms with Crippen LogP contribution in [0.5, 0.6) is 5.75 Å². The van der Waals surface area contributed by atoms with Crippen LogP contribution in [0.2, 0.25) is 0 Å². The summed E-state index contributed by atoms with van der Waals surface area (Å²) in [5.41, 5.74) is 11.9. The van der Waals surface area contributed by atoms with Crippen LogP contribution in [0.25, 0.3) is 22.5 Å². The molecular formula is C45H56N10O3. The Morgan fingerprint density at radius 2 is 1.00 bits per heavy atom. The lowest BCUT2D eigenvalue weighted by Crippen LogP contribution is -2.39. The van der Waals surface area contributed by atoms with Crippen LogP contribution in [-0.4, -0.2) is 114 Å². The predicted octanol–water partition coefficient (Wildman–Crippen LogP) is 7.76. The number of nitrogens with zero attached hydrogens (tertiary/aromatic N) is 4. The van der Waals surface area contributed by atoms with Gasteiger partial charge in [-0.1, -0.05) is 29.8 Å². The quantitative estimate of drug-likeness (QED) is 0.0581. The summed E-state index contributed by atoms with van der Waals surface area (Å²) in [5.74, 6) is 1.82. The fraction of sp³-hybridized carbons (Fsp3) is 0.333. The van der Waals surface area contributed by atoms with Crippen molar-refractivity contribution in [3.63, 3.8) is 0 Å². The van der Waals surface area contributed by atoms with E-state index in [0.717, 1.165) is 141 Å². The van der Waals surface area contributed by atoms with Gasteiger partial charge in [0.25, 0.3) is 0 Å². The molecule has 7 N–H and O–H groups in total. The van der Waals surface area contributed by atoms with Gasteiger partial charge in [-0.25, -0.2) is 0 Å². The summed E-state index contributed by atoms with van der Waals surface area (Å²) in [4.78, 5) is 4.85. The maximum absolute atomic E-state index is 9.43. The highest BCUT2D eigenvalue weighted by Gasteiger charge is 2.12. The van der Waals surface area contributed by atoms with E-state index in [1.807, 2.05) is 24.3 Å². The number of aryl methyl sites for hydroxylation is 3. The second kappa shape index (κ2) is 20.0. The number of nitrogens with one attached hydrogen (secondary N) is 6. The van der Waals surface area contributed by atoms with Crippen molar-refractivity contribution in [3.05, 3.63) is 114 Å². The van der Waals surface area contributed by atoms with Crippen LogP contribution in [0.4, 0.5) is 34.4 Å². The first-order valence-electron chi connectivity index (χ1n) is 20.2. The zero-order chi connectivity index (χ0) is 40.1. The largest absolute Gasteiger partial charge is 0.508 e. The van der Waals surface area contributed by atoms with Crippen molar-refractivity contribution < 1.29 is 14.6 Å². The molecule has 2 aliphatic heterocycles. The molecule has 13 nitrogen and oxygen atoms in total. The molecule has 2 aliphatic rings. The number of hydrogen-bond acceptors (Lipinski definition) is 11. The summed E-state index contributed by atoms with van der Waals surface area (Å²) in [5, 5.41) is 38.1. The Balaban J connectivity index is 0.000000177. The Hall–Kier alpha value is -5.86. The highest BCUT2D eigenvalue weighted by molar-refractivity contribution is 5.70. The van der Waals surface area contributed by atoms with E-state index in [1.165, 1.54) is 11.1 Å². The summed E-state index contributed by atoms with van der Waals surface area (Å²) < 4.78 is 10.8. The van der Waals surface area contributed by atoms with Crippen LogP contribution >= 0.6 is 0 Å². The lowest BCUT2D eigenvalue weighted by Gasteiger charge is -2.26. The number of benzene rings is 4. The van der Waals surface area contributed by atoms with Crippen LogP contribution in [0.1, 0.15) is 16.7 Å². The molecule has 6 aromatic rings. The van der Waals surface area contributed by atoms with Crippen molar-refractivity contribution in [1.82, 2.24) is 30.2 Å². The second-order valence-corrected chi connectivity index (χ2v) is 14.8. The van der Waals surface area contributed by atoms with E-state index in [0.29, 0.717) is 0 Å². The molecule has 2 aromatic heterocycles. The Morgan fingerprint density at radius 1 is 0.569 bits per heavy atom. The minimum Gasteiger partial charge on any atom is -0.508 e. The van der Waals surface area contributed by atoms with Crippen LogP contribution in [0.3, 0.4) is 0 Å². The standard InChI is InChI=1S/C23H29N5O.C22H27N5O2/c1-17-3-5-19(6-4-17)22-16-23(27-26-22)25-21-8-7-20(15-18(21)2)24-9-10-28-11-13-29-14-12-28;1-16-14-18(23-8-9-27-10-12-29-13-11-27)4-7-20(16)24-22-15-21(25-26-22)17-2-5-19(28)6-3-17/h3-8,15-16,24H,9-14H2,1-2H3,(H2,25,26,27);2-7,14-15,23,28H,8-13H2,1H3,(H2,24,25,26). The molecule has 4 heterocycles. The molecule has 58 heavy (non-hydrogen) atoms. The molecule has 13 heteroatoms. The normalized spacial score (nSPS) is 14.7. The minimum absolute atomic E-state index is 0.251. The van der Waals surface area contributed by atoms with Gasteiger partial charge in [0.05, 0.1) is 37.8 Å². The minimum atomic E-state index is 0.251. The molecule has 2 saturated heterocycles. The van der Waals surface area contributed by atoms with Crippen molar-refractivity contribution in [2.45, 2.75) is 20.8 Å². The highest BCUT2D eigenvalue weighted by Crippen LogP contribution is 2.28. The van der Waals surface area contributed by atoms with Gasteiger partial charge in [0.15, 0.2) is 11.6 Å². The van der Waals surface area contributed by atoms with E-state index in [4.69, 9.17) is 9.47 Å². The third-order valence-electron chi connectivity index (χ3n) is 10.4. The van der Waals surface area contributed by atoms with Crippen molar-refractivity contribution in [2.75, 3.05) is 100 Å². The van der Waals surface area contributed by atoms with Crippen LogP contribution in [-0.2, 0) is 9.47 Å². The number of ether oxygens (including phenoxy) is 2. The number of anilines is 6. The van der Waals surface area contributed by atoms with Gasteiger partial charge in [0.2, 0.25) is 0 Å². The van der Waals surface area contributed by atoms with Crippen LogP contribution < -0.4 is 21.3 Å². The fourth-order valence-corrected chi connectivity index (χ4v) is 6.91. The zero-order valence-electron chi connectivity index (χ0n) is 33.8. The lowest BCUT2D eigenvalue weighted by atomic mass is 10.1. The Kier molecular flexibility index (Phi) is 13.9. The van der Waals surface area contributed by atoms with E-state index >= 15 is 0 Å². The van der Waals surface area contributed by atoms with E-state index in [-0.39, 0.29) is 5.75 Å². The number of hydrogen-bond donors (Lipinski definition) is 7. The van der Waals surface area contributed by atoms with Gasteiger partial charge < -0.3 is 35.8 Å². The average molecular weight is 785 g/mol. The molecule has 0 saturated carbocycles. The van der Waals surface area contributed by atoms with Crippen molar-refractivity contribution in [1.29, 1.82) is 0 Å². The van der Waals surface area contributed by atoms with Crippen molar-refractivity contribution in [3.8, 4) is 28.3 Å². The average Bonchev–Trinajstić information content (AvgIpc) is 3.92. The third-order valence-corrected chi connectivity index (χ3v) is 10.4. The lowest BCUT2D eigenvalue weighted by molar-refractivity contribution is 0.0398. The molecule has 4 aromatic carbocycles. The maximum atomic E-state index is 9.43. The molecule has 0 spiro atoms. The SMILES string of the molecule is Cc1cc(NCCN2CCOCC2)ccc1Nc1cc(-c2ccc(O)cc2)[nH]n1.Cc1ccc(-c2cc(Nc3ccc(NCCN4CCOCC4)cc3C)n[nH]2)cc1. The summed E-state index contributed by atoms with van der Waals surface area (Å²) in [7, 11) is 0. The number of phenolic OH excluding ortho intramolecular Hbond substituents is 1. The topological polar surface area (TPSA) is 151 Å². The molecule has 2 fully saturated rings. The fourth-order valence-electron chi connectivity index (χ4n) is 6.91. The molecule has 0 unspecified atom stereocenters. The number of morpholine rings is 2. The smallest absolute Gasteiger partial charge is 0.152 e. The van der Waals surface area contributed by atoms with E-state index in [1.54, 1.807) is 12.1 Å². The van der Waals surface area contributed by atoms with Crippen LogP contribution in [0, 0.1) is 20.8 Å². The molecule has 0 atom stereocenters. The maximum Gasteiger partial charge on any atom is 0.152 e. The molecule has 8 rings (SSSR count). The summed E-state index contributed by atoms with van der Waals surface area (Å²) in [6.45, 7) is 17.6. The Morgan fingerprint density at radius 3 is 1.43 bits per heavy atom. The van der Waals surface area contributed by atoms with Crippen molar-refractivity contribution >= 4 is 34.4 Å². The molecular weight excluding hydrogens is 729 g/mol. The van der Waals surface area contributed by atoms with Crippen LogP contribution in [0.15, 0.2) is 97.1 Å². The van der Waals surface area contributed by atoms with Gasteiger partial charge in [-0.2, -0.15) is 10.2 Å². The van der Waals surface area contributed by atoms with E-state index < -0.39 is 0 Å². The van der Waals surface area contributed by atoms with E-state index in [9.17, 15) is 5.11 Å². The van der Waals surface area contributed by atoms with E-state index in [2.05, 4.69) is 133 Å². The van der Waals surface area contributed by atoms with Gasteiger partial charge >= 0.3 is 0 Å².